The van der Waals surface area contributed by atoms with Gasteiger partial charge in [0.2, 0.25) is 5.91 Å². The van der Waals surface area contributed by atoms with Crippen molar-refractivity contribution in [2.45, 2.75) is 26.7 Å². The molecule has 0 atom stereocenters. The van der Waals surface area contributed by atoms with Crippen LogP contribution in [0.4, 0.5) is 10.1 Å². The number of anilines is 1. The first kappa shape index (κ1) is 15.9. The lowest BCUT2D eigenvalue weighted by atomic mass is 9.85. The van der Waals surface area contributed by atoms with Gasteiger partial charge in [-0.3, -0.25) is 9.59 Å². The first-order valence-electron chi connectivity index (χ1n) is 5.66. The number of hydrogen-bond acceptors (Lipinski definition) is 2. The second kappa shape index (κ2) is 6.31. The number of carbonyl (C=O) groups is 2. The van der Waals surface area contributed by atoms with Crippen molar-refractivity contribution in [2.75, 3.05) is 5.32 Å². The Morgan fingerprint density at radius 2 is 2.00 bits per heavy atom. The third kappa shape index (κ3) is 5.54. The third-order valence-corrected chi connectivity index (χ3v) is 3.37. The van der Waals surface area contributed by atoms with Crippen molar-refractivity contribution in [3.05, 3.63) is 27.6 Å². The highest BCUT2D eigenvalue weighted by molar-refractivity contribution is 14.1. The number of aliphatic carboxylic acids is 1. The highest BCUT2D eigenvalue weighted by Gasteiger charge is 2.25. The van der Waals surface area contributed by atoms with Crippen LogP contribution in [0.15, 0.2) is 18.2 Å². The van der Waals surface area contributed by atoms with E-state index < -0.39 is 11.4 Å². The highest BCUT2D eigenvalue weighted by Crippen LogP contribution is 2.26. The van der Waals surface area contributed by atoms with Gasteiger partial charge in [0.15, 0.2) is 0 Å². The summed E-state index contributed by atoms with van der Waals surface area (Å²) >= 11 is 1.93. The minimum atomic E-state index is -0.936. The number of hydrogen-bond donors (Lipinski definition) is 2. The number of nitrogens with one attached hydrogen (secondary N) is 1. The molecule has 0 fully saturated rings. The molecule has 19 heavy (non-hydrogen) atoms. The first-order chi connectivity index (χ1) is 8.69. The summed E-state index contributed by atoms with van der Waals surface area (Å²) in [5, 5.41) is 11.4. The van der Waals surface area contributed by atoms with Crippen LogP contribution in [0.25, 0.3) is 0 Å². The van der Waals surface area contributed by atoms with E-state index in [-0.39, 0.29) is 24.6 Å². The van der Waals surface area contributed by atoms with Gasteiger partial charge in [-0.15, -0.1) is 0 Å². The number of rotatable bonds is 5. The molecule has 0 aliphatic carbocycles. The average Bonchev–Trinajstić information content (AvgIpc) is 2.19. The zero-order chi connectivity index (χ0) is 14.6. The molecular formula is C13H15FINO3. The minimum absolute atomic E-state index is 0.0824. The summed E-state index contributed by atoms with van der Waals surface area (Å²) < 4.78 is 13.5. The molecule has 0 heterocycles. The topological polar surface area (TPSA) is 66.4 Å². The Hall–Kier alpha value is -1.18. The molecule has 1 rings (SSSR count). The molecule has 0 aliphatic heterocycles. The van der Waals surface area contributed by atoms with E-state index in [2.05, 4.69) is 5.32 Å². The van der Waals surface area contributed by atoms with Crippen LogP contribution in [0, 0.1) is 14.8 Å². The zero-order valence-corrected chi connectivity index (χ0v) is 12.8. The smallest absolute Gasteiger partial charge is 0.303 e. The normalized spacial score (nSPS) is 11.2. The maximum atomic E-state index is 12.9. The number of benzene rings is 1. The van der Waals surface area contributed by atoms with Gasteiger partial charge in [-0.2, -0.15) is 0 Å². The van der Waals surface area contributed by atoms with E-state index in [9.17, 15) is 14.0 Å². The molecule has 0 aliphatic rings. The molecule has 1 aromatic carbocycles. The summed E-state index contributed by atoms with van der Waals surface area (Å²) in [6.45, 7) is 3.44. The largest absolute Gasteiger partial charge is 0.481 e. The Labute approximate surface area is 124 Å². The van der Waals surface area contributed by atoms with Crippen LogP contribution >= 0.6 is 22.6 Å². The van der Waals surface area contributed by atoms with Gasteiger partial charge in [0.25, 0.3) is 0 Å². The van der Waals surface area contributed by atoms with Gasteiger partial charge in [0.1, 0.15) is 5.82 Å². The quantitative estimate of drug-likeness (QED) is 0.772. The molecule has 0 bridgehead atoms. The third-order valence-electron chi connectivity index (χ3n) is 2.47. The highest BCUT2D eigenvalue weighted by atomic mass is 127. The minimum Gasteiger partial charge on any atom is -0.481 e. The molecular weight excluding hydrogens is 364 g/mol. The van der Waals surface area contributed by atoms with Crippen LogP contribution in [0.2, 0.25) is 0 Å². The Morgan fingerprint density at radius 1 is 1.37 bits per heavy atom. The number of carbonyl (C=O) groups excluding carboxylic acids is 1. The number of carboxylic acid groups (broad SMARTS) is 1. The van der Waals surface area contributed by atoms with E-state index in [1.54, 1.807) is 13.8 Å². The summed E-state index contributed by atoms with van der Waals surface area (Å²) in [6, 6.07) is 4.07. The summed E-state index contributed by atoms with van der Waals surface area (Å²) in [5.74, 6) is -1.58. The van der Waals surface area contributed by atoms with Gasteiger partial charge in [-0.25, -0.2) is 4.39 Å². The van der Waals surface area contributed by atoms with Crippen molar-refractivity contribution in [3.8, 4) is 0 Å². The lowest BCUT2D eigenvalue weighted by molar-refractivity contribution is -0.139. The number of amides is 1. The Balaban J connectivity index is 2.67. The Kier molecular flexibility index (Phi) is 5.28. The molecule has 2 N–H and O–H groups in total. The van der Waals surface area contributed by atoms with E-state index in [0.29, 0.717) is 9.26 Å². The van der Waals surface area contributed by atoms with Crippen molar-refractivity contribution < 1.29 is 19.1 Å². The van der Waals surface area contributed by atoms with E-state index in [1.807, 2.05) is 22.6 Å². The van der Waals surface area contributed by atoms with Gasteiger partial charge in [0, 0.05) is 9.99 Å². The van der Waals surface area contributed by atoms with Crippen molar-refractivity contribution >= 4 is 40.2 Å². The summed E-state index contributed by atoms with van der Waals surface area (Å²) in [6.07, 6.45) is 0.00763. The molecule has 104 valence electrons. The van der Waals surface area contributed by atoms with Crippen LogP contribution < -0.4 is 5.32 Å². The van der Waals surface area contributed by atoms with Crippen molar-refractivity contribution in [1.29, 1.82) is 0 Å². The van der Waals surface area contributed by atoms with Crippen molar-refractivity contribution in [1.82, 2.24) is 0 Å². The Morgan fingerprint density at radius 3 is 2.53 bits per heavy atom. The van der Waals surface area contributed by atoms with Crippen LogP contribution in [-0.4, -0.2) is 17.0 Å². The van der Waals surface area contributed by atoms with E-state index >= 15 is 0 Å². The van der Waals surface area contributed by atoms with Gasteiger partial charge < -0.3 is 10.4 Å². The molecule has 0 unspecified atom stereocenters. The fourth-order valence-electron chi connectivity index (χ4n) is 1.69. The van der Waals surface area contributed by atoms with Crippen LogP contribution in [0.1, 0.15) is 26.7 Å². The molecule has 1 amide bonds. The molecule has 4 nitrogen and oxygen atoms in total. The van der Waals surface area contributed by atoms with E-state index in [0.717, 1.165) is 0 Å². The standard InChI is InChI=1S/C13H15FINO3/c1-13(2,7-12(18)19)6-11(17)16-10-4-3-8(14)5-9(10)15/h3-5H,6-7H2,1-2H3,(H,16,17)(H,18,19). The first-order valence-corrected chi connectivity index (χ1v) is 6.74. The summed E-state index contributed by atoms with van der Waals surface area (Å²) in [5.41, 5.74) is -0.0976. The molecule has 1 aromatic rings. The fourth-order valence-corrected chi connectivity index (χ4v) is 2.30. The van der Waals surface area contributed by atoms with E-state index in [4.69, 9.17) is 5.11 Å². The zero-order valence-electron chi connectivity index (χ0n) is 10.7. The monoisotopic (exact) mass is 379 g/mol. The predicted molar refractivity (Wildman–Crippen MR) is 78.4 cm³/mol. The van der Waals surface area contributed by atoms with Gasteiger partial charge in [0.05, 0.1) is 12.1 Å². The van der Waals surface area contributed by atoms with E-state index in [1.165, 1.54) is 18.2 Å². The maximum absolute atomic E-state index is 12.9. The molecule has 0 radical (unpaired) electrons. The van der Waals surface area contributed by atoms with Gasteiger partial charge in [-0.1, -0.05) is 13.8 Å². The van der Waals surface area contributed by atoms with Crippen molar-refractivity contribution in [3.63, 3.8) is 0 Å². The average molecular weight is 379 g/mol. The summed E-state index contributed by atoms with van der Waals surface area (Å²) in [4.78, 5) is 22.5. The maximum Gasteiger partial charge on any atom is 0.303 e. The summed E-state index contributed by atoms with van der Waals surface area (Å²) in [7, 11) is 0. The fraction of sp³-hybridized carbons (Fsp3) is 0.385. The predicted octanol–water partition coefficient (Wildman–Crippen LogP) is 3.26. The molecule has 0 aromatic heterocycles. The molecule has 0 saturated carbocycles. The number of halogens is 2. The lowest BCUT2D eigenvalue weighted by Crippen LogP contribution is -2.25. The van der Waals surface area contributed by atoms with Crippen LogP contribution in [0.3, 0.4) is 0 Å². The molecule has 0 saturated heterocycles. The van der Waals surface area contributed by atoms with Gasteiger partial charge >= 0.3 is 5.97 Å². The second-order valence-electron chi connectivity index (χ2n) is 5.08. The lowest BCUT2D eigenvalue weighted by Gasteiger charge is -2.21. The molecule has 0 spiro atoms. The second-order valence-corrected chi connectivity index (χ2v) is 6.25. The number of carboxylic acids is 1. The van der Waals surface area contributed by atoms with Crippen LogP contribution in [-0.2, 0) is 9.59 Å². The van der Waals surface area contributed by atoms with Crippen molar-refractivity contribution in [2.24, 2.45) is 5.41 Å². The van der Waals surface area contributed by atoms with Crippen LogP contribution in [0.5, 0.6) is 0 Å². The van der Waals surface area contributed by atoms with Gasteiger partial charge in [-0.05, 0) is 46.2 Å². The SMILES string of the molecule is CC(C)(CC(=O)O)CC(=O)Nc1ccc(F)cc1I. The molecule has 6 heteroatoms. The Bertz CT molecular complexity index is 503.